The molecule has 1 fully saturated rings. The summed E-state index contributed by atoms with van der Waals surface area (Å²) in [5.41, 5.74) is 5.83. The first kappa shape index (κ1) is 27.0. The number of halogens is 1. The zero-order valence-corrected chi connectivity index (χ0v) is 23.3. The quantitative estimate of drug-likeness (QED) is 0.0981. The van der Waals surface area contributed by atoms with Crippen LogP contribution in [0.15, 0.2) is 89.1 Å². The fraction of sp³-hybridized carbons (Fsp3) is 0.267. The van der Waals surface area contributed by atoms with Crippen LogP contribution in [0.3, 0.4) is 0 Å². The molecule has 1 aromatic heterocycles. The van der Waals surface area contributed by atoms with E-state index in [0.29, 0.717) is 27.6 Å². The number of Topliss-reactive ketones (excluding diaryl/α,β-unsaturated/α-hetero) is 1. The summed E-state index contributed by atoms with van der Waals surface area (Å²) in [4.78, 5) is 12.4. The number of anilines is 1. The number of para-hydroxylation sites is 1. The molecule has 0 atom stereocenters. The van der Waals surface area contributed by atoms with Crippen LogP contribution in [0.2, 0.25) is 5.02 Å². The molecule has 200 valence electrons. The Morgan fingerprint density at radius 3 is 2.51 bits per heavy atom. The summed E-state index contributed by atoms with van der Waals surface area (Å²) >= 11 is 7.21. The van der Waals surface area contributed by atoms with Gasteiger partial charge in [0.05, 0.1) is 5.69 Å². The second-order valence-electron chi connectivity index (χ2n) is 9.46. The Labute approximate surface area is 237 Å². The number of hydrogen-bond donors (Lipinski definition) is 1. The summed E-state index contributed by atoms with van der Waals surface area (Å²) in [6.07, 6.45) is 6.50. The standard InChI is InChI=1S/C30H30ClN5O2S/c1-21(37)29(34-32-25-12-8-11-24(31)19-25)39-30-35-33-28(36(30)26-13-6-3-7-14-26)20-38-27-17-15-23(16-18-27)22-9-4-2-5-10-22/h3,6-8,11-19,22,32H,2,4-5,9-10,20H2,1H3. The minimum Gasteiger partial charge on any atom is -0.486 e. The van der Waals surface area contributed by atoms with Crippen LogP contribution in [0.25, 0.3) is 5.69 Å². The zero-order chi connectivity index (χ0) is 27.0. The van der Waals surface area contributed by atoms with Crippen molar-refractivity contribution in [2.45, 2.75) is 56.7 Å². The third kappa shape index (κ3) is 7.07. The van der Waals surface area contributed by atoms with E-state index in [1.165, 1.54) is 44.6 Å². The molecule has 0 radical (unpaired) electrons. The lowest BCUT2D eigenvalue weighted by Crippen LogP contribution is -2.11. The SMILES string of the molecule is CC(=O)C(=NNc1cccc(Cl)c1)Sc1nnc(COc2ccc(C3CCCCC3)cc2)n1-c1ccccc1. The van der Waals surface area contributed by atoms with Gasteiger partial charge in [0.2, 0.25) is 5.16 Å². The number of benzene rings is 3. The highest BCUT2D eigenvalue weighted by atomic mass is 35.5. The number of nitrogens with zero attached hydrogens (tertiary/aromatic N) is 4. The second-order valence-corrected chi connectivity index (χ2v) is 10.9. The lowest BCUT2D eigenvalue weighted by Gasteiger charge is -2.22. The van der Waals surface area contributed by atoms with Crippen molar-refractivity contribution in [3.05, 3.63) is 95.3 Å². The first-order chi connectivity index (χ1) is 19.1. The molecule has 39 heavy (non-hydrogen) atoms. The number of aromatic nitrogens is 3. The first-order valence-electron chi connectivity index (χ1n) is 13.1. The van der Waals surface area contributed by atoms with E-state index in [1.54, 1.807) is 12.1 Å². The van der Waals surface area contributed by atoms with Gasteiger partial charge in [0, 0.05) is 17.6 Å². The van der Waals surface area contributed by atoms with E-state index in [-0.39, 0.29) is 17.4 Å². The Morgan fingerprint density at radius 2 is 1.79 bits per heavy atom. The number of ketones is 1. The topological polar surface area (TPSA) is 81.4 Å². The van der Waals surface area contributed by atoms with Gasteiger partial charge >= 0.3 is 0 Å². The Bertz CT molecular complexity index is 1430. The van der Waals surface area contributed by atoms with Gasteiger partial charge in [-0.2, -0.15) is 5.10 Å². The van der Waals surface area contributed by atoms with E-state index in [9.17, 15) is 4.79 Å². The Hall–Kier alpha value is -3.62. The van der Waals surface area contributed by atoms with E-state index < -0.39 is 0 Å². The molecule has 1 heterocycles. The highest BCUT2D eigenvalue weighted by molar-refractivity contribution is 8.15. The van der Waals surface area contributed by atoms with Crippen molar-refractivity contribution < 1.29 is 9.53 Å². The van der Waals surface area contributed by atoms with E-state index >= 15 is 0 Å². The number of hydrogen-bond acceptors (Lipinski definition) is 7. The van der Waals surface area contributed by atoms with Crippen LogP contribution >= 0.6 is 23.4 Å². The lowest BCUT2D eigenvalue weighted by molar-refractivity contribution is -0.110. The highest BCUT2D eigenvalue weighted by Gasteiger charge is 2.20. The molecule has 0 bridgehead atoms. The van der Waals surface area contributed by atoms with Crippen molar-refractivity contribution in [1.82, 2.24) is 14.8 Å². The summed E-state index contributed by atoms with van der Waals surface area (Å²) in [5, 5.41) is 14.4. The van der Waals surface area contributed by atoms with Gasteiger partial charge in [0.25, 0.3) is 0 Å². The average Bonchev–Trinajstić information content (AvgIpc) is 3.37. The fourth-order valence-corrected chi connectivity index (χ4v) is 5.63. The molecule has 0 saturated heterocycles. The van der Waals surface area contributed by atoms with Crippen molar-refractivity contribution in [3.63, 3.8) is 0 Å². The minimum atomic E-state index is -0.201. The number of ether oxygens (including phenoxy) is 1. The predicted octanol–water partition coefficient (Wildman–Crippen LogP) is 7.65. The molecule has 1 saturated carbocycles. The first-order valence-corrected chi connectivity index (χ1v) is 14.3. The fourth-order valence-electron chi connectivity index (χ4n) is 4.65. The van der Waals surface area contributed by atoms with Crippen LogP contribution in [0.4, 0.5) is 5.69 Å². The molecule has 0 unspecified atom stereocenters. The summed E-state index contributed by atoms with van der Waals surface area (Å²) in [6.45, 7) is 1.69. The predicted molar refractivity (Wildman–Crippen MR) is 157 cm³/mol. The Morgan fingerprint density at radius 1 is 1.03 bits per heavy atom. The number of nitrogens with one attached hydrogen (secondary N) is 1. The van der Waals surface area contributed by atoms with Gasteiger partial charge < -0.3 is 4.74 Å². The maximum atomic E-state index is 12.4. The monoisotopic (exact) mass is 559 g/mol. The van der Waals surface area contributed by atoms with E-state index in [0.717, 1.165) is 23.2 Å². The molecule has 4 aromatic rings. The van der Waals surface area contributed by atoms with Crippen molar-refractivity contribution in [3.8, 4) is 11.4 Å². The molecule has 5 rings (SSSR count). The number of carbonyl (C=O) groups excluding carboxylic acids is 1. The van der Waals surface area contributed by atoms with Crippen LogP contribution in [-0.4, -0.2) is 25.6 Å². The number of hydrazone groups is 1. The summed E-state index contributed by atoms with van der Waals surface area (Å²) in [6, 6.07) is 25.3. The molecule has 9 heteroatoms. The van der Waals surface area contributed by atoms with Crippen molar-refractivity contribution in [1.29, 1.82) is 0 Å². The van der Waals surface area contributed by atoms with Gasteiger partial charge in [-0.15, -0.1) is 10.2 Å². The van der Waals surface area contributed by atoms with Crippen LogP contribution in [0, 0.1) is 0 Å². The summed E-state index contributed by atoms with van der Waals surface area (Å²) in [5.74, 6) is 1.85. The number of carbonyl (C=O) groups is 1. The molecule has 1 N–H and O–H groups in total. The Balaban J connectivity index is 1.35. The van der Waals surface area contributed by atoms with Gasteiger partial charge in [-0.1, -0.05) is 67.3 Å². The van der Waals surface area contributed by atoms with E-state index in [4.69, 9.17) is 16.3 Å². The van der Waals surface area contributed by atoms with Gasteiger partial charge in [-0.3, -0.25) is 14.8 Å². The lowest BCUT2D eigenvalue weighted by atomic mass is 9.84. The molecule has 1 aliphatic rings. The van der Waals surface area contributed by atoms with Crippen LogP contribution in [0.1, 0.15) is 56.3 Å². The van der Waals surface area contributed by atoms with Crippen molar-refractivity contribution >= 4 is 39.9 Å². The maximum absolute atomic E-state index is 12.4. The number of rotatable bonds is 9. The van der Waals surface area contributed by atoms with Crippen molar-refractivity contribution in [2.75, 3.05) is 5.43 Å². The zero-order valence-electron chi connectivity index (χ0n) is 21.7. The average molecular weight is 560 g/mol. The van der Waals surface area contributed by atoms with Gasteiger partial charge in [-0.25, -0.2) is 0 Å². The van der Waals surface area contributed by atoms with Gasteiger partial charge in [-0.05, 0) is 78.5 Å². The van der Waals surface area contributed by atoms with Crippen LogP contribution in [-0.2, 0) is 11.4 Å². The van der Waals surface area contributed by atoms with Gasteiger partial charge in [0.15, 0.2) is 16.7 Å². The molecule has 0 amide bonds. The van der Waals surface area contributed by atoms with E-state index in [2.05, 4.69) is 32.9 Å². The van der Waals surface area contributed by atoms with Crippen LogP contribution in [0.5, 0.6) is 5.75 Å². The third-order valence-electron chi connectivity index (χ3n) is 6.64. The molecular weight excluding hydrogens is 530 g/mol. The molecule has 7 nitrogen and oxygen atoms in total. The summed E-state index contributed by atoms with van der Waals surface area (Å²) < 4.78 is 8.01. The summed E-state index contributed by atoms with van der Waals surface area (Å²) in [7, 11) is 0. The van der Waals surface area contributed by atoms with Crippen molar-refractivity contribution in [2.24, 2.45) is 5.10 Å². The normalized spacial score (nSPS) is 14.3. The van der Waals surface area contributed by atoms with Gasteiger partial charge in [0.1, 0.15) is 12.4 Å². The minimum absolute atomic E-state index is 0.201. The van der Waals surface area contributed by atoms with E-state index in [1.807, 2.05) is 59.2 Å². The molecular formula is C30H30ClN5O2S. The maximum Gasteiger partial charge on any atom is 0.202 e. The largest absolute Gasteiger partial charge is 0.486 e. The smallest absolute Gasteiger partial charge is 0.202 e. The highest BCUT2D eigenvalue weighted by Crippen LogP contribution is 2.33. The third-order valence-corrected chi connectivity index (χ3v) is 7.89. The molecule has 1 aliphatic carbocycles. The van der Waals surface area contributed by atoms with Crippen LogP contribution < -0.4 is 10.2 Å². The Kier molecular flexibility index (Phi) is 8.96. The molecule has 3 aromatic carbocycles. The molecule has 0 spiro atoms. The second kappa shape index (κ2) is 13.0. The number of thioether (sulfide) groups is 1. The molecule has 0 aliphatic heterocycles.